The molecule has 0 saturated carbocycles. The SMILES string of the molecule is Cc1cc(C)c(CNCC(C)CN2CCCCC2)c(C)c1. The van der Waals surface area contributed by atoms with E-state index in [1.165, 1.54) is 61.2 Å². The maximum absolute atomic E-state index is 3.67. The maximum atomic E-state index is 3.67. The van der Waals surface area contributed by atoms with Gasteiger partial charge in [0.05, 0.1) is 0 Å². The van der Waals surface area contributed by atoms with Crippen molar-refractivity contribution in [3.05, 3.63) is 34.4 Å². The molecule has 1 atom stereocenters. The second kappa shape index (κ2) is 7.95. The summed E-state index contributed by atoms with van der Waals surface area (Å²) in [5.74, 6) is 0.731. The van der Waals surface area contributed by atoms with Gasteiger partial charge in [0.25, 0.3) is 0 Å². The molecule has 1 fully saturated rings. The maximum Gasteiger partial charge on any atom is 0.0210 e. The Kier molecular flexibility index (Phi) is 6.25. The summed E-state index contributed by atoms with van der Waals surface area (Å²) in [6, 6.07) is 4.59. The molecule has 2 nitrogen and oxygen atoms in total. The van der Waals surface area contributed by atoms with E-state index in [4.69, 9.17) is 0 Å². The van der Waals surface area contributed by atoms with Crippen molar-refractivity contribution in [3.63, 3.8) is 0 Å². The first-order chi connectivity index (χ1) is 10.1. The molecular weight excluding hydrogens is 256 g/mol. The quantitative estimate of drug-likeness (QED) is 0.856. The molecule has 1 heterocycles. The van der Waals surface area contributed by atoms with Gasteiger partial charge >= 0.3 is 0 Å². The minimum atomic E-state index is 0.731. The molecule has 1 aliphatic rings. The van der Waals surface area contributed by atoms with Gasteiger partial charge in [-0.3, -0.25) is 0 Å². The van der Waals surface area contributed by atoms with Crippen LogP contribution in [0.15, 0.2) is 12.1 Å². The lowest BCUT2D eigenvalue weighted by atomic mass is 9.99. The van der Waals surface area contributed by atoms with Crippen LogP contribution in [0.3, 0.4) is 0 Å². The lowest BCUT2D eigenvalue weighted by Gasteiger charge is -2.29. The first kappa shape index (κ1) is 16.5. The number of benzene rings is 1. The fourth-order valence-electron chi connectivity index (χ4n) is 3.58. The molecule has 1 unspecified atom stereocenters. The predicted octanol–water partition coefficient (Wildman–Crippen LogP) is 3.82. The van der Waals surface area contributed by atoms with Crippen LogP contribution in [-0.2, 0) is 6.54 Å². The van der Waals surface area contributed by atoms with Crippen molar-refractivity contribution in [2.45, 2.75) is 53.5 Å². The highest BCUT2D eigenvalue weighted by Crippen LogP contribution is 2.16. The highest BCUT2D eigenvalue weighted by atomic mass is 15.1. The normalized spacial score (nSPS) is 17.9. The molecule has 1 N–H and O–H groups in total. The molecule has 0 aromatic heterocycles. The molecule has 1 aliphatic heterocycles. The van der Waals surface area contributed by atoms with Gasteiger partial charge in [0.15, 0.2) is 0 Å². The summed E-state index contributed by atoms with van der Waals surface area (Å²) in [7, 11) is 0. The van der Waals surface area contributed by atoms with E-state index in [1.54, 1.807) is 0 Å². The molecule has 1 aromatic carbocycles. The van der Waals surface area contributed by atoms with E-state index in [-0.39, 0.29) is 0 Å². The number of piperidine rings is 1. The summed E-state index contributed by atoms with van der Waals surface area (Å²) in [5, 5.41) is 3.67. The molecule has 0 radical (unpaired) electrons. The second-order valence-corrected chi connectivity index (χ2v) is 6.97. The van der Waals surface area contributed by atoms with Gasteiger partial charge in [-0.25, -0.2) is 0 Å². The number of nitrogens with zero attached hydrogens (tertiary/aromatic N) is 1. The van der Waals surface area contributed by atoms with Crippen molar-refractivity contribution in [1.29, 1.82) is 0 Å². The van der Waals surface area contributed by atoms with Crippen LogP contribution in [0.4, 0.5) is 0 Å². The first-order valence-corrected chi connectivity index (χ1v) is 8.56. The van der Waals surface area contributed by atoms with Gasteiger partial charge in [0.2, 0.25) is 0 Å². The molecule has 1 saturated heterocycles. The van der Waals surface area contributed by atoms with Crippen LogP contribution in [0.25, 0.3) is 0 Å². The van der Waals surface area contributed by atoms with Gasteiger partial charge < -0.3 is 10.2 Å². The third kappa shape index (κ3) is 5.12. The Bertz CT molecular complexity index is 424. The third-order valence-corrected chi connectivity index (χ3v) is 4.65. The van der Waals surface area contributed by atoms with Gasteiger partial charge in [-0.05, 0) is 75.9 Å². The summed E-state index contributed by atoms with van der Waals surface area (Å²) < 4.78 is 0. The van der Waals surface area contributed by atoms with Crippen LogP contribution in [0, 0.1) is 26.7 Å². The second-order valence-electron chi connectivity index (χ2n) is 6.97. The van der Waals surface area contributed by atoms with Gasteiger partial charge in [-0.2, -0.15) is 0 Å². The number of hydrogen-bond acceptors (Lipinski definition) is 2. The molecular formula is C19H32N2. The fourth-order valence-corrected chi connectivity index (χ4v) is 3.58. The molecule has 1 aromatic rings. The Morgan fingerprint density at radius 1 is 1.05 bits per heavy atom. The van der Waals surface area contributed by atoms with Gasteiger partial charge in [-0.1, -0.05) is 31.0 Å². The zero-order valence-corrected chi connectivity index (χ0v) is 14.3. The number of hydrogen-bond donors (Lipinski definition) is 1. The molecule has 21 heavy (non-hydrogen) atoms. The zero-order chi connectivity index (χ0) is 15.2. The van der Waals surface area contributed by atoms with Crippen LogP contribution in [0.2, 0.25) is 0 Å². The van der Waals surface area contributed by atoms with Crippen LogP contribution in [-0.4, -0.2) is 31.1 Å². The van der Waals surface area contributed by atoms with Crippen molar-refractivity contribution in [1.82, 2.24) is 10.2 Å². The van der Waals surface area contributed by atoms with E-state index < -0.39 is 0 Å². The minimum Gasteiger partial charge on any atom is -0.312 e. The minimum absolute atomic E-state index is 0.731. The van der Waals surface area contributed by atoms with Crippen molar-refractivity contribution >= 4 is 0 Å². The summed E-state index contributed by atoms with van der Waals surface area (Å²) in [6.07, 6.45) is 4.21. The van der Waals surface area contributed by atoms with Crippen LogP contribution in [0.1, 0.15) is 48.4 Å². The lowest BCUT2D eigenvalue weighted by Crippen LogP contribution is -2.36. The standard InChI is InChI=1S/C19H32N2/c1-15-10-17(3)19(18(4)11-15)13-20-12-16(2)14-21-8-6-5-7-9-21/h10-11,16,20H,5-9,12-14H2,1-4H3. The summed E-state index contributed by atoms with van der Waals surface area (Å²) in [4.78, 5) is 2.64. The monoisotopic (exact) mass is 288 g/mol. The molecule has 0 aliphatic carbocycles. The molecule has 118 valence electrons. The predicted molar refractivity (Wildman–Crippen MR) is 91.8 cm³/mol. The Balaban J connectivity index is 1.76. The average Bonchev–Trinajstić information content (AvgIpc) is 2.42. The zero-order valence-electron chi connectivity index (χ0n) is 14.3. The number of rotatable bonds is 6. The average molecular weight is 288 g/mol. The Morgan fingerprint density at radius 3 is 2.29 bits per heavy atom. The fraction of sp³-hybridized carbons (Fsp3) is 0.684. The van der Waals surface area contributed by atoms with Crippen molar-refractivity contribution in [2.24, 2.45) is 5.92 Å². The van der Waals surface area contributed by atoms with E-state index in [0.29, 0.717) is 0 Å². The van der Waals surface area contributed by atoms with Crippen molar-refractivity contribution < 1.29 is 0 Å². The topological polar surface area (TPSA) is 15.3 Å². The number of aryl methyl sites for hydroxylation is 3. The van der Waals surface area contributed by atoms with E-state index in [9.17, 15) is 0 Å². The molecule has 0 spiro atoms. The highest BCUT2D eigenvalue weighted by molar-refractivity contribution is 5.37. The van der Waals surface area contributed by atoms with Crippen LogP contribution < -0.4 is 5.32 Å². The first-order valence-electron chi connectivity index (χ1n) is 8.56. The van der Waals surface area contributed by atoms with Gasteiger partial charge in [0.1, 0.15) is 0 Å². The van der Waals surface area contributed by atoms with E-state index in [2.05, 4.69) is 50.0 Å². The largest absolute Gasteiger partial charge is 0.312 e. The molecule has 2 heteroatoms. The van der Waals surface area contributed by atoms with Gasteiger partial charge in [-0.15, -0.1) is 0 Å². The Morgan fingerprint density at radius 2 is 1.67 bits per heavy atom. The van der Waals surface area contributed by atoms with E-state index in [1.807, 2.05) is 0 Å². The highest BCUT2D eigenvalue weighted by Gasteiger charge is 2.13. The lowest BCUT2D eigenvalue weighted by molar-refractivity contribution is 0.199. The number of nitrogens with one attached hydrogen (secondary N) is 1. The Labute approximate surface area is 130 Å². The van der Waals surface area contributed by atoms with Crippen molar-refractivity contribution in [3.8, 4) is 0 Å². The molecule has 2 rings (SSSR count). The van der Waals surface area contributed by atoms with Gasteiger partial charge in [0, 0.05) is 13.1 Å². The van der Waals surface area contributed by atoms with E-state index in [0.717, 1.165) is 19.0 Å². The van der Waals surface area contributed by atoms with Crippen molar-refractivity contribution in [2.75, 3.05) is 26.2 Å². The van der Waals surface area contributed by atoms with Crippen LogP contribution in [0.5, 0.6) is 0 Å². The molecule has 0 bridgehead atoms. The third-order valence-electron chi connectivity index (χ3n) is 4.65. The van der Waals surface area contributed by atoms with Crippen LogP contribution >= 0.6 is 0 Å². The summed E-state index contributed by atoms with van der Waals surface area (Å²) in [5.41, 5.74) is 5.69. The Hall–Kier alpha value is -0.860. The summed E-state index contributed by atoms with van der Waals surface area (Å²) >= 11 is 0. The molecule has 0 amide bonds. The summed E-state index contributed by atoms with van der Waals surface area (Å²) in [6.45, 7) is 15.0. The van der Waals surface area contributed by atoms with E-state index >= 15 is 0 Å². The number of likely N-dealkylation sites (tertiary alicyclic amines) is 1. The smallest absolute Gasteiger partial charge is 0.0210 e.